The van der Waals surface area contributed by atoms with Crippen LogP contribution in [0.25, 0.3) is 0 Å². The van der Waals surface area contributed by atoms with Crippen LogP contribution in [0, 0.1) is 12.7 Å². The van der Waals surface area contributed by atoms with Crippen molar-refractivity contribution >= 4 is 39.1 Å². The van der Waals surface area contributed by atoms with E-state index in [4.69, 9.17) is 16.3 Å². The van der Waals surface area contributed by atoms with E-state index in [1.165, 1.54) is 60.5 Å². The van der Waals surface area contributed by atoms with Crippen LogP contribution in [0.3, 0.4) is 0 Å². The summed E-state index contributed by atoms with van der Waals surface area (Å²) in [4.78, 5) is 28.1. The van der Waals surface area contributed by atoms with E-state index < -0.39 is 40.2 Å². The SMILES string of the molecule is CCCNC(=O)[C@H](C)N(Cc1ccc(F)cc1)C(=O)CN(c1cc(Cl)ccc1OC)S(=O)(=O)c1ccc(C)cc1. The first-order valence-electron chi connectivity index (χ1n) is 12.7. The molecular formula is C29H33ClFN3O5S. The standard InChI is InChI=1S/C29H33ClFN3O5S/c1-5-16-32-29(36)21(3)33(18-22-8-11-24(31)12-9-22)28(35)19-34(26-17-23(30)10-15-27(26)39-4)40(37,38)25-13-6-20(2)7-14-25/h6-15,17,21H,5,16,18-19H2,1-4H3,(H,32,36)/t21-/m0/s1. The number of methoxy groups -OCH3 is 1. The lowest BCUT2D eigenvalue weighted by Gasteiger charge is -2.32. The van der Waals surface area contributed by atoms with E-state index >= 15 is 0 Å². The molecule has 3 rings (SSSR count). The summed E-state index contributed by atoms with van der Waals surface area (Å²) in [6, 6.07) is 15.3. The number of halogens is 2. The second-order valence-electron chi connectivity index (χ2n) is 9.26. The summed E-state index contributed by atoms with van der Waals surface area (Å²) in [5.74, 6) is -1.31. The van der Waals surface area contributed by atoms with Crippen LogP contribution in [0.4, 0.5) is 10.1 Å². The molecule has 0 bridgehead atoms. The molecule has 0 unspecified atom stereocenters. The van der Waals surface area contributed by atoms with E-state index in [9.17, 15) is 22.4 Å². The topological polar surface area (TPSA) is 96.0 Å². The van der Waals surface area contributed by atoms with E-state index in [0.717, 1.165) is 9.87 Å². The van der Waals surface area contributed by atoms with E-state index in [-0.39, 0.29) is 27.9 Å². The molecule has 0 saturated carbocycles. The number of nitrogens with one attached hydrogen (secondary N) is 1. The molecule has 11 heteroatoms. The largest absolute Gasteiger partial charge is 0.495 e. The van der Waals surface area contributed by atoms with E-state index in [0.29, 0.717) is 18.5 Å². The number of sulfonamides is 1. The predicted molar refractivity (Wildman–Crippen MR) is 153 cm³/mol. The molecule has 0 saturated heterocycles. The van der Waals surface area contributed by atoms with Gasteiger partial charge in [-0.1, -0.05) is 48.4 Å². The lowest BCUT2D eigenvalue weighted by Crippen LogP contribution is -2.51. The number of nitrogens with zero attached hydrogens (tertiary/aromatic N) is 2. The Hall–Kier alpha value is -3.63. The Balaban J connectivity index is 2.08. The quantitative estimate of drug-likeness (QED) is 0.323. The molecule has 3 aromatic carbocycles. The van der Waals surface area contributed by atoms with Crippen LogP contribution < -0.4 is 14.4 Å². The van der Waals surface area contributed by atoms with Gasteiger partial charge >= 0.3 is 0 Å². The molecule has 8 nitrogen and oxygen atoms in total. The summed E-state index contributed by atoms with van der Waals surface area (Å²) in [5.41, 5.74) is 1.49. The molecule has 0 aliphatic carbocycles. The number of rotatable bonds is 12. The van der Waals surface area contributed by atoms with Crippen molar-refractivity contribution in [3.8, 4) is 5.75 Å². The van der Waals surface area contributed by atoms with Gasteiger partial charge < -0.3 is 15.0 Å². The van der Waals surface area contributed by atoms with Crippen LogP contribution in [-0.4, -0.2) is 51.4 Å². The highest BCUT2D eigenvalue weighted by Gasteiger charge is 2.34. The Morgan fingerprint density at radius 3 is 2.30 bits per heavy atom. The van der Waals surface area contributed by atoms with Gasteiger partial charge in [-0.05, 0) is 68.3 Å². The fourth-order valence-corrected chi connectivity index (χ4v) is 5.56. The molecule has 0 aromatic heterocycles. The minimum Gasteiger partial charge on any atom is -0.495 e. The Morgan fingerprint density at radius 1 is 1.05 bits per heavy atom. The number of hydrogen-bond donors (Lipinski definition) is 1. The Bertz CT molecular complexity index is 1430. The molecule has 0 fully saturated rings. The van der Waals surface area contributed by atoms with Crippen molar-refractivity contribution in [3.05, 3.63) is 88.7 Å². The summed E-state index contributed by atoms with van der Waals surface area (Å²) >= 11 is 6.24. The highest BCUT2D eigenvalue weighted by molar-refractivity contribution is 7.92. The van der Waals surface area contributed by atoms with Gasteiger partial charge in [0.1, 0.15) is 24.2 Å². The number of ether oxygens (including phenoxy) is 1. The molecule has 214 valence electrons. The molecule has 1 atom stereocenters. The minimum atomic E-state index is -4.29. The molecule has 0 radical (unpaired) electrons. The Kier molecular flexibility index (Phi) is 10.5. The number of carbonyl (C=O) groups excluding carboxylic acids is 2. The first-order valence-corrected chi connectivity index (χ1v) is 14.5. The van der Waals surface area contributed by atoms with E-state index in [2.05, 4.69) is 5.32 Å². The second kappa shape index (κ2) is 13.6. The molecule has 1 N–H and O–H groups in total. The zero-order valence-electron chi connectivity index (χ0n) is 22.9. The first kappa shape index (κ1) is 30.9. The maximum atomic E-state index is 14.0. The number of amides is 2. The average molecular weight is 590 g/mol. The number of anilines is 1. The van der Waals surface area contributed by atoms with E-state index in [1.54, 1.807) is 25.1 Å². The molecular weight excluding hydrogens is 557 g/mol. The summed E-state index contributed by atoms with van der Waals surface area (Å²) < 4.78 is 47.8. The van der Waals surface area contributed by atoms with Gasteiger partial charge in [0.15, 0.2) is 0 Å². The summed E-state index contributed by atoms with van der Waals surface area (Å²) in [6.45, 7) is 5.00. The third kappa shape index (κ3) is 7.51. The maximum Gasteiger partial charge on any atom is 0.264 e. The van der Waals surface area contributed by atoms with Crippen LogP contribution >= 0.6 is 11.6 Å². The zero-order chi connectivity index (χ0) is 29.4. The van der Waals surface area contributed by atoms with Crippen molar-refractivity contribution in [2.45, 2.75) is 44.7 Å². The van der Waals surface area contributed by atoms with Gasteiger partial charge in [-0.25, -0.2) is 12.8 Å². The minimum absolute atomic E-state index is 0.0354. The van der Waals surface area contributed by atoms with Gasteiger partial charge in [-0.2, -0.15) is 0 Å². The van der Waals surface area contributed by atoms with Crippen molar-refractivity contribution in [2.75, 3.05) is 24.5 Å². The molecule has 0 heterocycles. The average Bonchev–Trinajstić information content (AvgIpc) is 2.93. The summed E-state index contributed by atoms with van der Waals surface area (Å²) in [5, 5.41) is 3.01. The predicted octanol–water partition coefficient (Wildman–Crippen LogP) is 4.93. The smallest absolute Gasteiger partial charge is 0.264 e. The number of benzene rings is 3. The van der Waals surface area contributed by atoms with Crippen LogP contribution in [0.5, 0.6) is 5.75 Å². The molecule has 0 aliphatic heterocycles. The van der Waals surface area contributed by atoms with Crippen LogP contribution in [0.15, 0.2) is 71.6 Å². The number of hydrogen-bond acceptors (Lipinski definition) is 5. The molecule has 0 aliphatic rings. The fourth-order valence-electron chi connectivity index (χ4n) is 3.97. The van der Waals surface area contributed by atoms with Crippen LogP contribution in [0.1, 0.15) is 31.4 Å². The van der Waals surface area contributed by atoms with Crippen molar-refractivity contribution in [1.29, 1.82) is 0 Å². The van der Waals surface area contributed by atoms with Crippen molar-refractivity contribution < 1.29 is 27.1 Å². The summed E-state index contributed by atoms with van der Waals surface area (Å²) in [7, 11) is -2.91. The molecule has 40 heavy (non-hydrogen) atoms. The van der Waals surface area contributed by atoms with Gasteiger partial charge in [0, 0.05) is 18.1 Å². The van der Waals surface area contributed by atoms with Crippen LogP contribution in [-0.2, 0) is 26.2 Å². The first-order chi connectivity index (χ1) is 19.0. The third-order valence-corrected chi connectivity index (χ3v) is 8.29. The molecule has 0 spiro atoms. The van der Waals surface area contributed by atoms with Crippen molar-refractivity contribution in [3.63, 3.8) is 0 Å². The lowest BCUT2D eigenvalue weighted by molar-refractivity contribution is -0.139. The van der Waals surface area contributed by atoms with Gasteiger partial charge in [0.25, 0.3) is 10.0 Å². The monoisotopic (exact) mass is 589 g/mol. The van der Waals surface area contributed by atoms with Gasteiger partial charge in [-0.15, -0.1) is 0 Å². The molecule has 2 amide bonds. The molecule has 3 aromatic rings. The Morgan fingerprint density at radius 2 is 1.70 bits per heavy atom. The number of aryl methyl sites for hydroxylation is 1. The van der Waals surface area contributed by atoms with Gasteiger partial charge in [0.2, 0.25) is 11.8 Å². The second-order valence-corrected chi connectivity index (χ2v) is 11.6. The summed E-state index contributed by atoms with van der Waals surface area (Å²) in [6.07, 6.45) is 0.696. The zero-order valence-corrected chi connectivity index (χ0v) is 24.4. The van der Waals surface area contributed by atoms with Gasteiger partial charge in [-0.3, -0.25) is 13.9 Å². The van der Waals surface area contributed by atoms with Crippen molar-refractivity contribution in [2.24, 2.45) is 0 Å². The van der Waals surface area contributed by atoms with E-state index in [1.807, 2.05) is 13.8 Å². The normalized spacial score (nSPS) is 11.9. The highest BCUT2D eigenvalue weighted by atomic mass is 35.5. The van der Waals surface area contributed by atoms with Crippen LogP contribution in [0.2, 0.25) is 5.02 Å². The fraction of sp³-hybridized carbons (Fsp3) is 0.310. The Labute approximate surface area is 239 Å². The third-order valence-electron chi connectivity index (χ3n) is 6.28. The highest BCUT2D eigenvalue weighted by Crippen LogP contribution is 2.35. The maximum absolute atomic E-state index is 14.0. The lowest BCUT2D eigenvalue weighted by atomic mass is 10.1. The number of carbonyl (C=O) groups is 2. The van der Waals surface area contributed by atoms with Gasteiger partial charge in [0.05, 0.1) is 17.7 Å². The van der Waals surface area contributed by atoms with Crippen molar-refractivity contribution in [1.82, 2.24) is 10.2 Å².